The summed E-state index contributed by atoms with van der Waals surface area (Å²) < 4.78 is 0. The molecule has 1 atom stereocenters. The van der Waals surface area contributed by atoms with Crippen LogP contribution in [0, 0.1) is 0 Å². The Morgan fingerprint density at radius 1 is 1.12 bits per heavy atom. The predicted molar refractivity (Wildman–Crippen MR) is 103 cm³/mol. The van der Waals surface area contributed by atoms with Crippen molar-refractivity contribution in [1.29, 1.82) is 0 Å². The number of nitrogen functional groups attached to an aromatic ring is 1. The number of amides is 2. The van der Waals surface area contributed by atoms with Crippen molar-refractivity contribution in [3.8, 4) is 0 Å². The van der Waals surface area contributed by atoms with Gasteiger partial charge in [-0.3, -0.25) is 9.59 Å². The van der Waals surface area contributed by atoms with Crippen molar-refractivity contribution in [2.24, 2.45) is 0 Å². The maximum atomic E-state index is 12.2. The van der Waals surface area contributed by atoms with E-state index < -0.39 is 0 Å². The van der Waals surface area contributed by atoms with E-state index in [0.717, 1.165) is 30.5 Å². The molecule has 0 aromatic heterocycles. The van der Waals surface area contributed by atoms with Gasteiger partial charge in [-0.2, -0.15) is 0 Å². The van der Waals surface area contributed by atoms with Gasteiger partial charge in [0.15, 0.2) is 0 Å². The van der Waals surface area contributed by atoms with Gasteiger partial charge in [-0.25, -0.2) is 0 Å². The summed E-state index contributed by atoms with van der Waals surface area (Å²) in [7, 11) is 0. The van der Waals surface area contributed by atoms with Gasteiger partial charge >= 0.3 is 0 Å². The number of fused-ring (bicyclic) bond motifs is 1. The van der Waals surface area contributed by atoms with Crippen LogP contribution in [0.5, 0.6) is 0 Å². The molecule has 0 fully saturated rings. The highest BCUT2D eigenvalue weighted by Gasteiger charge is 2.22. The smallest absolute Gasteiger partial charge is 0.251 e. The second-order valence-electron chi connectivity index (χ2n) is 6.28. The first kappa shape index (κ1) is 18.5. The largest absolute Gasteiger partial charge is 0.399 e. The van der Waals surface area contributed by atoms with E-state index in [0.29, 0.717) is 15.6 Å². The van der Waals surface area contributed by atoms with Crippen molar-refractivity contribution in [2.45, 2.75) is 25.3 Å². The monoisotopic (exact) mass is 391 g/mol. The Labute approximate surface area is 161 Å². The van der Waals surface area contributed by atoms with Gasteiger partial charge in [-0.15, -0.1) is 0 Å². The Bertz CT molecular complexity index is 855. The third-order valence-electron chi connectivity index (χ3n) is 4.41. The molecule has 5 nitrogen and oxygen atoms in total. The summed E-state index contributed by atoms with van der Waals surface area (Å²) in [4.78, 5) is 24.4. The maximum absolute atomic E-state index is 12.2. The zero-order chi connectivity index (χ0) is 18.7. The number of rotatable bonds is 4. The van der Waals surface area contributed by atoms with E-state index >= 15 is 0 Å². The topological polar surface area (TPSA) is 84.2 Å². The molecule has 7 heteroatoms. The van der Waals surface area contributed by atoms with Crippen LogP contribution in [0.1, 0.15) is 40.4 Å². The summed E-state index contributed by atoms with van der Waals surface area (Å²) in [6, 6.07) is 10.3. The number of hydrogen-bond acceptors (Lipinski definition) is 3. The summed E-state index contributed by atoms with van der Waals surface area (Å²) in [6.07, 6.45) is 2.81. The zero-order valence-electron chi connectivity index (χ0n) is 14.0. The van der Waals surface area contributed by atoms with Crippen molar-refractivity contribution in [2.75, 3.05) is 12.3 Å². The number of aryl methyl sites for hydroxylation is 1. The molecule has 2 aromatic rings. The van der Waals surface area contributed by atoms with Crippen LogP contribution < -0.4 is 16.4 Å². The molecule has 0 spiro atoms. The van der Waals surface area contributed by atoms with Gasteiger partial charge in [0.25, 0.3) is 5.91 Å². The van der Waals surface area contributed by atoms with Crippen LogP contribution in [0.25, 0.3) is 0 Å². The molecule has 0 heterocycles. The van der Waals surface area contributed by atoms with Crippen molar-refractivity contribution < 1.29 is 9.59 Å². The average molecular weight is 392 g/mol. The highest BCUT2D eigenvalue weighted by molar-refractivity contribution is 6.42. The summed E-state index contributed by atoms with van der Waals surface area (Å²) in [5.74, 6) is -0.622. The molecule has 26 heavy (non-hydrogen) atoms. The van der Waals surface area contributed by atoms with E-state index in [9.17, 15) is 9.59 Å². The lowest BCUT2D eigenvalue weighted by atomic mass is 9.87. The summed E-state index contributed by atoms with van der Waals surface area (Å²) in [5.41, 5.74) is 9.17. The molecule has 0 saturated carbocycles. The minimum Gasteiger partial charge on any atom is -0.399 e. The first-order valence-corrected chi connectivity index (χ1v) is 9.10. The number of nitrogens with two attached hydrogens (primary N) is 1. The number of benzene rings is 2. The van der Waals surface area contributed by atoms with Crippen molar-refractivity contribution in [1.82, 2.24) is 10.6 Å². The van der Waals surface area contributed by atoms with E-state index in [2.05, 4.69) is 10.6 Å². The highest BCUT2D eigenvalue weighted by atomic mass is 35.5. The maximum Gasteiger partial charge on any atom is 0.251 e. The van der Waals surface area contributed by atoms with Crippen LogP contribution in [0.4, 0.5) is 5.69 Å². The van der Waals surface area contributed by atoms with E-state index in [-0.39, 0.29) is 24.4 Å². The number of carbonyl (C=O) groups excluding carboxylic acids is 2. The molecule has 3 rings (SSSR count). The third-order valence-corrected chi connectivity index (χ3v) is 5.15. The second-order valence-corrected chi connectivity index (χ2v) is 7.10. The molecule has 0 aliphatic heterocycles. The molecule has 1 aliphatic rings. The standard InChI is InChI=1S/C19H19Cl2N3O2/c20-15-7-4-12(9-16(15)21)19(26)23-10-18(25)24-17-3-1-2-11-8-13(22)5-6-14(11)17/h4-9,17H,1-3,10,22H2,(H,23,26)(H,24,25). The Balaban J connectivity index is 1.58. The molecule has 136 valence electrons. The fraction of sp³-hybridized carbons (Fsp3) is 0.263. The highest BCUT2D eigenvalue weighted by Crippen LogP contribution is 2.30. The molecule has 0 saturated heterocycles. The zero-order valence-corrected chi connectivity index (χ0v) is 15.5. The van der Waals surface area contributed by atoms with E-state index in [4.69, 9.17) is 28.9 Å². The molecular weight excluding hydrogens is 373 g/mol. The van der Waals surface area contributed by atoms with Gasteiger partial charge in [0.05, 0.1) is 22.6 Å². The second kappa shape index (κ2) is 7.98. The minimum atomic E-state index is -0.379. The van der Waals surface area contributed by atoms with Crippen LogP contribution in [-0.2, 0) is 11.2 Å². The quantitative estimate of drug-likeness (QED) is 0.697. The Kier molecular flexibility index (Phi) is 5.69. The van der Waals surface area contributed by atoms with Crippen molar-refractivity contribution in [3.63, 3.8) is 0 Å². The van der Waals surface area contributed by atoms with Crippen LogP contribution in [-0.4, -0.2) is 18.4 Å². The van der Waals surface area contributed by atoms with Crippen molar-refractivity contribution >= 4 is 40.7 Å². The lowest BCUT2D eigenvalue weighted by Gasteiger charge is -2.26. The van der Waals surface area contributed by atoms with Gasteiger partial charge in [0.1, 0.15) is 0 Å². The number of anilines is 1. The molecule has 2 aromatic carbocycles. The minimum absolute atomic E-state index is 0.0614. The van der Waals surface area contributed by atoms with Gasteiger partial charge < -0.3 is 16.4 Å². The summed E-state index contributed by atoms with van der Waals surface area (Å²) in [5, 5.41) is 6.24. The molecule has 1 aliphatic carbocycles. The fourth-order valence-electron chi connectivity index (χ4n) is 3.13. The molecule has 4 N–H and O–H groups in total. The number of nitrogens with one attached hydrogen (secondary N) is 2. The molecule has 0 bridgehead atoms. The van der Waals surface area contributed by atoms with E-state index in [1.165, 1.54) is 11.6 Å². The van der Waals surface area contributed by atoms with E-state index in [1.54, 1.807) is 12.1 Å². The predicted octanol–water partition coefficient (Wildman–Crippen LogP) is 3.50. The van der Waals surface area contributed by atoms with E-state index in [1.807, 2.05) is 18.2 Å². The van der Waals surface area contributed by atoms with Gasteiger partial charge in [0, 0.05) is 11.3 Å². The van der Waals surface area contributed by atoms with Crippen LogP contribution in [0.2, 0.25) is 10.0 Å². The van der Waals surface area contributed by atoms with Crippen LogP contribution >= 0.6 is 23.2 Å². The Morgan fingerprint density at radius 2 is 1.92 bits per heavy atom. The summed E-state index contributed by atoms with van der Waals surface area (Å²) in [6.45, 7) is -0.111. The number of hydrogen-bond donors (Lipinski definition) is 3. The lowest BCUT2D eigenvalue weighted by molar-refractivity contribution is -0.121. The summed E-state index contributed by atoms with van der Waals surface area (Å²) >= 11 is 11.7. The fourth-order valence-corrected chi connectivity index (χ4v) is 3.43. The lowest BCUT2D eigenvalue weighted by Crippen LogP contribution is -2.39. The SMILES string of the molecule is Nc1ccc2c(c1)CCCC2NC(=O)CNC(=O)c1ccc(Cl)c(Cl)c1. The molecule has 1 unspecified atom stereocenters. The average Bonchev–Trinajstić information content (AvgIpc) is 2.62. The van der Waals surface area contributed by atoms with Gasteiger partial charge in [-0.05, 0) is 60.7 Å². The molecular formula is C19H19Cl2N3O2. The van der Waals surface area contributed by atoms with Crippen molar-refractivity contribution in [3.05, 3.63) is 63.1 Å². The van der Waals surface area contributed by atoms with Crippen LogP contribution in [0.15, 0.2) is 36.4 Å². The molecule has 2 amide bonds. The number of carbonyl (C=O) groups is 2. The van der Waals surface area contributed by atoms with Gasteiger partial charge in [-0.1, -0.05) is 29.3 Å². The first-order valence-electron chi connectivity index (χ1n) is 8.35. The first-order chi connectivity index (χ1) is 12.4. The Morgan fingerprint density at radius 3 is 2.69 bits per heavy atom. The normalized spacial score (nSPS) is 15.8. The molecule has 0 radical (unpaired) electrons. The Hall–Kier alpha value is -2.24. The van der Waals surface area contributed by atoms with Gasteiger partial charge in [0.2, 0.25) is 5.91 Å². The number of halogens is 2. The van der Waals surface area contributed by atoms with Crippen LogP contribution in [0.3, 0.4) is 0 Å². The third kappa shape index (κ3) is 4.29.